The van der Waals surface area contributed by atoms with E-state index in [9.17, 15) is 9.59 Å². The van der Waals surface area contributed by atoms with Crippen molar-refractivity contribution in [1.82, 2.24) is 14.8 Å². The van der Waals surface area contributed by atoms with Crippen molar-refractivity contribution in [3.8, 4) is 0 Å². The Labute approximate surface area is 98.4 Å². The minimum atomic E-state index is -1.25. The normalized spacial score (nSPS) is 12.5. The Morgan fingerprint density at radius 2 is 2.18 bits per heavy atom. The van der Waals surface area contributed by atoms with Crippen molar-refractivity contribution in [2.75, 3.05) is 7.11 Å². The molecule has 7 heteroatoms. The molecule has 17 heavy (non-hydrogen) atoms. The highest BCUT2D eigenvalue weighted by atomic mass is 16.5. The molecular weight excluding hydrogens is 226 g/mol. The summed E-state index contributed by atoms with van der Waals surface area (Å²) in [5.74, 6) is -2.80. The molecule has 0 aliphatic rings. The maximum absolute atomic E-state index is 11.3. The van der Waals surface area contributed by atoms with Crippen molar-refractivity contribution < 1.29 is 19.4 Å². The molecule has 94 valence electrons. The molecule has 0 aliphatic carbocycles. The molecule has 0 aromatic carbocycles. The third-order valence-electron chi connectivity index (χ3n) is 2.31. The maximum atomic E-state index is 11.3. The average Bonchev–Trinajstić information content (AvgIpc) is 2.72. The van der Waals surface area contributed by atoms with E-state index >= 15 is 0 Å². The number of rotatable bonds is 5. The fraction of sp³-hybridized carbons (Fsp3) is 0.600. The van der Waals surface area contributed by atoms with Gasteiger partial charge in [0.1, 0.15) is 12.2 Å². The van der Waals surface area contributed by atoms with Crippen molar-refractivity contribution in [3.63, 3.8) is 0 Å². The summed E-state index contributed by atoms with van der Waals surface area (Å²) in [4.78, 5) is 26.2. The maximum Gasteiger partial charge on any atom is 0.320 e. The fourth-order valence-corrected chi connectivity index (χ4v) is 1.45. The van der Waals surface area contributed by atoms with Crippen LogP contribution in [0.4, 0.5) is 0 Å². The van der Waals surface area contributed by atoms with Gasteiger partial charge in [-0.2, -0.15) is 5.10 Å². The number of carbonyl (C=O) groups excluding carboxylic acids is 1. The predicted octanol–water partition coefficient (Wildman–Crippen LogP) is 0.275. The molecule has 0 amide bonds. The highest BCUT2D eigenvalue weighted by Crippen LogP contribution is 2.12. The second kappa shape index (κ2) is 5.42. The first-order chi connectivity index (χ1) is 7.97. The molecule has 0 bridgehead atoms. The van der Waals surface area contributed by atoms with Crippen LogP contribution < -0.4 is 0 Å². The number of aliphatic carboxylic acids is 1. The van der Waals surface area contributed by atoms with Gasteiger partial charge < -0.3 is 9.84 Å². The second-order valence-electron chi connectivity index (χ2n) is 3.83. The van der Waals surface area contributed by atoms with Gasteiger partial charge >= 0.3 is 11.9 Å². The smallest absolute Gasteiger partial charge is 0.320 e. The zero-order valence-corrected chi connectivity index (χ0v) is 9.95. The van der Waals surface area contributed by atoms with Gasteiger partial charge in [0.15, 0.2) is 5.92 Å². The molecule has 0 saturated carbocycles. The van der Waals surface area contributed by atoms with Crippen LogP contribution in [-0.2, 0) is 20.7 Å². The van der Waals surface area contributed by atoms with Crippen LogP contribution in [0.1, 0.15) is 25.7 Å². The highest BCUT2D eigenvalue weighted by molar-refractivity contribution is 5.94. The number of ether oxygens (including phenoxy) is 1. The van der Waals surface area contributed by atoms with Gasteiger partial charge in [0.05, 0.1) is 7.11 Å². The van der Waals surface area contributed by atoms with Crippen LogP contribution in [0.25, 0.3) is 0 Å². The van der Waals surface area contributed by atoms with Crippen molar-refractivity contribution >= 4 is 11.9 Å². The van der Waals surface area contributed by atoms with Gasteiger partial charge in [-0.15, -0.1) is 0 Å². The van der Waals surface area contributed by atoms with Crippen LogP contribution in [0.5, 0.6) is 0 Å². The van der Waals surface area contributed by atoms with E-state index in [-0.39, 0.29) is 12.5 Å². The molecule has 0 radical (unpaired) electrons. The molecule has 1 unspecified atom stereocenters. The Kier molecular flexibility index (Phi) is 4.19. The van der Waals surface area contributed by atoms with Crippen molar-refractivity contribution in [2.45, 2.75) is 26.3 Å². The fourth-order valence-electron chi connectivity index (χ4n) is 1.45. The number of aromatic nitrogens is 3. The summed E-state index contributed by atoms with van der Waals surface area (Å²) >= 11 is 0. The van der Waals surface area contributed by atoms with E-state index < -0.39 is 17.9 Å². The van der Waals surface area contributed by atoms with Gasteiger partial charge in [-0.25, -0.2) is 9.67 Å². The van der Waals surface area contributed by atoms with E-state index in [4.69, 9.17) is 5.11 Å². The van der Waals surface area contributed by atoms with Crippen LogP contribution >= 0.6 is 0 Å². The quantitative estimate of drug-likeness (QED) is 0.587. The zero-order chi connectivity index (χ0) is 13.0. The van der Waals surface area contributed by atoms with Gasteiger partial charge in [-0.1, -0.05) is 0 Å². The number of hydrogen-bond acceptors (Lipinski definition) is 5. The van der Waals surface area contributed by atoms with Crippen LogP contribution in [0.15, 0.2) is 6.33 Å². The zero-order valence-electron chi connectivity index (χ0n) is 9.95. The molecule has 1 N–H and O–H groups in total. The monoisotopic (exact) mass is 241 g/mol. The number of carboxylic acid groups (broad SMARTS) is 1. The van der Waals surface area contributed by atoms with Gasteiger partial charge in [0.2, 0.25) is 0 Å². The largest absolute Gasteiger partial charge is 0.481 e. The lowest BCUT2D eigenvalue weighted by Crippen LogP contribution is -2.28. The van der Waals surface area contributed by atoms with Crippen LogP contribution in [0, 0.1) is 5.92 Å². The Hall–Kier alpha value is -1.92. The minimum absolute atomic E-state index is 0.0276. The molecule has 1 aromatic heterocycles. The summed E-state index contributed by atoms with van der Waals surface area (Å²) in [6, 6.07) is 0.0552. The molecule has 0 saturated heterocycles. The summed E-state index contributed by atoms with van der Waals surface area (Å²) < 4.78 is 6.03. The predicted molar refractivity (Wildman–Crippen MR) is 57.3 cm³/mol. The molecule has 1 rings (SSSR count). The summed E-state index contributed by atoms with van der Waals surface area (Å²) in [5.41, 5.74) is 0. The first-order valence-corrected chi connectivity index (χ1v) is 5.16. The lowest BCUT2D eigenvalue weighted by molar-refractivity contribution is -0.156. The van der Waals surface area contributed by atoms with Gasteiger partial charge in [-0.05, 0) is 13.8 Å². The minimum Gasteiger partial charge on any atom is -0.481 e. The summed E-state index contributed by atoms with van der Waals surface area (Å²) in [5, 5.41) is 12.9. The van der Waals surface area contributed by atoms with E-state index in [1.807, 2.05) is 13.8 Å². The average molecular weight is 241 g/mol. The van der Waals surface area contributed by atoms with E-state index in [1.54, 1.807) is 4.68 Å². The Morgan fingerprint density at radius 1 is 1.53 bits per heavy atom. The molecule has 1 atom stereocenters. The van der Waals surface area contributed by atoms with E-state index in [2.05, 4.69) is 14.8 Å². The van der Waals surface area contributed by atoms with E-state index in [1.165, 1.54) is 6.33 Å². The number of hydrogen-bond donors (Lipinski definition) is 1. The molecule has 0 aliphatic heterocycles. The lowest BCUT2D eigenvalue weighted by atomic mass is 10.1. The SMILES string of the molecule is COC(=O)C(Cc1ncnn1C(C)C)C(=O)O. The second-order valence-corrected chi connectivity index (χ2v) is 3.83. The first kappa shape index (κ1) is 13.1. The molecule has 0 fully saturated rings. The number of nitrogens with zero attached hydrogens (tertiary/aromatic N) is 3. The van der Waals surface area contributed by atoms with E-state index in [0.717, 1.165) is 7.11 Å². The third kappa shape index (κ3) is 3.02. The third-order valence-corrected chi connectivity index (χ3v) is 2.31. The topological polar surface area (TPSA) is 94.3 Å². The van der Waals surface area contributed by atoms with Crippen molar-refractivity contribution in [3.05, 3.63) is 12.2 Å². The molecule has 1 heterocycles. The summed E-state index contributed by atoms with van der Waals surface area (Å²) in [6.07, 6.45) is 1.31. The molecule has 7 nitrogen and oxygen atoms in total. The lowest BCUT2D eigenvalue weighted by Gasteiger charge is -2.12. The Bertz CT molecular complexity index is 413. The molecular formula is C10H15N3O4. The number of methoxy groups -OCH3 is 1. The molecule has 0 spiro atoms. The molecule has 1 aromatic rings. The van der Waals surface area contributed by atoms with Crippen molar-refractivity contribution in [1.29, 1.82) is 0 Å². The van der Waals surface area contributed by atoms with E-state index in [0.29, 0.717) is 5.82 Å². The Balaban J connectivity index is 2.90. The van der Waals surface area contributed by atoms with Crippen LogP contribution in [0.2, 0.25) is 0 Å². The van der Waals surface area contributed by atoms with Gasteiger partial charge in [-0.3, -0.25) is 9.59 Å². The van der Waals surface area contributed by atoms with Gasteiger partial charge in [0.25, 0.3) is 0 Å². The van der Waals surface area contributed by atoms with Crippen LogP contribution in [-0.4, -0.2) is 38.9 Å². The van der Waals surface area contributed by atoms with Gasteiger partial charge in [0, 0.05) is 12.5 Å². The Morgan fingerprint density at radius 3 is 2.65 bits per heavy atom. The van der Waals surface area contributed by atoms with Crippen LogP contribution in [0.3, 0.4) is 0 Å². The van der Waals surface area contributed by atoms with Crippen molar-refractivity contribution in [2.24, 2.45) is 5.92 Å². The number of carbonyl (C=O) groups is 2. The first-order valence-electron chi connectivity index (χ1n) is 5.16. The summed E-state index contributed by atoms with van der Waals surface area (Å²) in [6.45, 7) is 3.79. The highest BCUT2D eigenvalue weighted by Gasteiger charge is 2.29. The number of carboxylic acids is 1. The standard InChI is InChI=1S/C10H15N3O4/c1-6(2)13-8(11-5-12-13)4-7(9(14)15)10(16)17-3/h5-7H,4H2,1-3H3,(H,14,15). The number of esters is 1. The summed E-state index contributed by atoms with van der Waals surface area (Å²) in [7, 11) is 1.16.